The fourth-order valence-corrected chi connectivity index (χ4v) is 1.81. The molecule has 0 saturated heterocycles. The molecule has 0 radical (unpaired) electrons. The average molecular weight is 284 g/mol. The summed E-state index contributed by atoms with van der Waals surface area (Å²) in [5.74, 6) is 5.92. The van der Waals surface area contributed by atoms with Crippen LogP contribution in [0.1, 0.15) is 22.8 Å². The summed E-state index contributed by atoms with van der Waals surface area (Å²) in [7, 11) is 2.97. The van der Waals surface area contributed by atoms with Crippen molar-refractivity contribution in [3.63, 3.8) is 0 Å². The third-order valence-corrected chi connectivity index (χ3v) is 2.93. The molecule has 2 aromatic rings. The van der Waals surface area contributed by atoms with Crippen LogP contribution in [0.5, 0.6) is 11.9 Å². The fourth-order valence-electron chi connectivity index (χ4n) is 1.81. The number of methoxy groups -OCH3 is 2. The molecule has 0 aliphatic rings. The highest BCUT2D eigenvalue weighted by molar-refractivity contribution is 5.43. The lowest BCUT2D eigenvalue weighted by Gasteiger charge is -2.07. The molecule has 2 rings (SSSR count). The van der Waals surface area contributed by atoms with Gasteiger partial charge < -0.3 is 14.6 Å². The Labute approximate surface area is 123 Å². The lowest BCUT2D eigenvalue weighted by Crippen LogP contribution is -1.99. The first-order valence-corrected chi connectivity index (χ1v) is 6.36. The van der Waals surface area contributed by atoms with Gasteiger partial charge in [-0.15, -0.1) is 0 Å². The molecule has 0 aliphatic heterocycles. The molecule has 0 fully saturated rings. The van der Waals surface area contributed by atoms with Crippen molar-refractivity contribution in [1.29, 1.82) is 0 Å². The van der Waals surface area contributed by atoms with Crippen LogP contribution in [0.2, 0.25) is 0 Å². The van der Waals surface area contributed by atoms with Crippen LogP contribution in [-0.2, 0) is 0 Å². The summed E-state index contributed by atoms with van der Waals surface area (Å²) in [6.07, 6.45) is 0.625. The summed E-state index contributed by atoms with van der Waals surface area (Å²) in [6.45, 7) is 1.93. The summed E-state index contributed by atoms with van der Waals surface area (Å²) in [4.78, 5) is 8.01. The summed E-state index contributed by atoms with van der Waals surface area (Å²) in [5.41, 5.74) is 2.25. The molecule has 21 heavy (non-hydrogen) atoms. The lowest BCUT2D eigenvalue weighted by molar-refractivity contribution is 0.237. The van der Waals surface area contributed by atoms with Crippen molar-refractivity contribution < 1.29 is 14.6 Å². The number of rotatable bonds is 3. The van der Waals surface area contributed by atoms with Gasteiger partial charge in [0.1, 0.15) is 11.7 Å². The molecule has 0 aliphatic carbocycles. The van der Waals surface area contributed by atoms with Gasteiger partial charge in [0.25, 0.3) is 0 Å². The van der Waals surface area contributed by atoms with Crippen LogP contribution in [0.4, 0.5) is 0 Å². The predicted molar refractivity (Wildman–Crippen MR) is 78.2 cm³/mol. The van der Waals surface area contributed by atoms with E-state index in [1.165, 1.54) is 20.4 Å². The normalized spacial score (nSPS) is 11.2. The minimum atomic E-state index is -0.877. The fraction of sp³-hybridized carbons (Fsp3) is 0.250. The molecule has 0 saturated carbocycles. The Morgan fingerprint density at radius 2 is 1.95 bits per heavy atom. The Bertz CT molecular complexity index is 689. The zero-order valence-corrected chi connectivity index (χ0v) is 12.1. The number of hydrogen-bond donors (Lipinski definition) is 1. The van der Waals surface area contributed by atoms with Crippen molar-refractivity contribution in [3.05, 3.63) is 47.2 Å². The quantitative estimate of drug-likeness (QED) is 0.872. The van der Waals surface area contributed by atoms with Gasteiger partial charge in [0, 0.05) is 0 Å². The zero-order chi connectivity index (χ0) is 15.2. The SMILES string of the molecule is COc1ncc(C#CC(O)c2ccccc2C)c(OC)n1. The van der Waals surface area contributed by atoms with Crippen molar-refractivity contribution in [3.8, 4) is 23.7 Å². The van der Waals surface area contributed by atoms with Crippen molar-refractivity contribution in [1.82, 2.24) is 9.97 Å². The molecule has 1 aromatic heterocycles. The first-order chi connectivity index (χ1) is 10.2. The Morgan fingerprint density at radius 3 is 2.62 bits per heavy atom. The third-order valence-electron chi connectivity index (χ3n) is 2.93. The van der Waals surface area contributed by atoms with E-state index in [1.54, 1.807) is 0 Å². The molecule has 1 atom stereocenters. The van der Waals surface area contributed by atoms with Gasteiger partial charge in [0.15, 0.2) is 0 Å². The van der Waals surface area contributed by atoms with Crippen molar-refractivity contribution in [2.45, 2.75) is 13.0 Å². The van der Waals surface area contributed by atoms with E-state index in [-0.39, 0.29) is 6.01 Å². The van der Waals surface area contributed by atoms with Gasteiger partial charge in [0.05, 0.1) is 20.4 Å². The number of aliphatic hydroxyl groups is 1. The highest BCUT2D eigenvalue weighted by Gasteiger charge is 2.08. The largest absolute Gasteiger partial charge is 0.480 e. The molecule has 5 heteroatoms. The lowest BCUT2D eigenvalue weighted by atomic mass is 10.0. The Kier molecular flexibility index (Phi) is 4.75. The molecular formula is C16H16N2O3. The van der Waals surface area contributed by atoms with Gasteiger partial charge >= 0.3 is 6.01 Å². The van der Waals surface area contributed by atoms with E-state index in [1.807, 2.05) is 31.2 Å². The number of aliphatic hydroxyl groups excluding tert-OH is 1. The van der Waals surface area contributed by atoms with E-state index in [9.17, 15) is 5.11 Å². The van der Waals surface area contributed by atoms with Gasteiger partial charge in [-0.3, -0.25) is 0 Å². The van der Waals surface area contributed by atoms with Gasteiger partial charge in [-0.25, -0.2) is 4.98 Å². The van der Waals surface area contributed by atoms with Gasteiger partial charge in [0.2, 0.25) is 5.88 Å². The molecule has 1 N–H and O–H groups in total. The standard InChI is InChI=1S/C16H16N2O3/c1-11-6-4-5-7-13(11)14(19)9-8-12-10-17-16(21-3)18-15(12)20-2/h4-7,10,14,19H,1-3H3. The third kappa shape index (κ3) is 3.50. The van der Waals surface area contributed by atoms with Gasteiger partial charge in [-0.05, 0) is 18.1 Å². The van der Waals surface area contributed by atoms with Crippen LogP contribution >= 0.6 is 0 Å². The van der Waals surface area contributed by atoms with Crippen molar-refractivity contribution >= 4 is 0 Å². The second kappa shape index (κ2) is 6.73. The number of hydrogen-bond acceptors (Lipinski definition) is 5. The van der Waals surface area contributed by atoms with Crippen LogP contribution < -0.4 is 9.47 Å². The summed E-state index contributed by atoms with van der Waals surface area (Å²) in [5, 5.41) is 10.1. The van der Waals surface area contributed by atoms with Crippen molar-refractivity contribution in [2.24, 2.45) is 0 Å². The first kappa shape index (κ1) is 14.8. The topological polar surface area (TPSA) is 64.5 Å². The maximum atomic E-state index is 10.1. The molecule has 108 valence electrons. The van der Waals surface area contributed by atoms with Gasteiger partial charge in [-0.1, -0.05) is 36.1 Å². The van der Waals surface area contributed by atoms with E-state index < -0.39 is 6.10 Å². The van der Waals surface area contributed by atoms with E-state index >= 15 is 0 Å². The smallest absolute Gasteiger partial charge is 0.319 e. The van der Waals surface area contributed by atoms with E-state index in [2.05, 4.69) is 21.8 Å². The van der Waals surface area contributed by atoms with E-state index in [0.29, 0.717) is 11.4 Å². The van der Waals surface area contributed by atoms with Crippen LogP contribution in [0.25, 0.3) is 0 Å². The molecular weight excluding hydrogens is 268 g/mol. The monoisotopic (exact) mass is 284 g/mol. The molecule has 1 aromatic carbocycles. The minimum absolute atomic E-state index is 0.205. The molecule has 1 heterocycles. The number of ether oxygens (including phenoxy) is 2. The zero-order valence-electron chi connectivity index (χ0n) is 12.1. The molecule has 0 amide bonds. The second-order valence-electron chi connectivity index (χ2n) is 4.31. The second-order valence-corrected chi connectivity index (χ2v) is 4.31. The number of benzene rings is 1. The summed E-state index contributed by atoms with van der Waals surface area (Å²) in [6, 6.07) is 7.76. The Hall–Kier alpha value is -2.58. The molecule has 1 unspecified atom stereocenters. The maximum Gasteiger partial charge on any atom is 0.319 e. The predicted octanol–water partition coefficient (Wildman–Crippen LogP) is 1.89. The van der Waals surface area contributed by atoms with Crippen LogP contribution in [0.3, 0.4) is 0 Å². The van der Waals surface area contributed by atoms with Crippen LogP contribution in [0, 0.1) is 18.8 Å². The Morgan fingerprint density at radius 1 is 1.19 bits per heavy atom. The number of nitrogens with zero attached hydrogens (tertiary/aromatic N) is 2. The molecule has 0 bridgehead atoms. The summed E-state index contributed by atoms with van der Waals surface area (Å²) >= 11 is 0. The molecule has 5 nitrogen and oxygen atoms in total. The Balaban J connectivity index is 2.29. The van der Waals surface area contributed by atoms with Crippen molar-refractivity contribution in [2.75, 3.05) is 14.2 Å². The van der Waals surface area contributed by atoms with Gasteiger partial charge in [-0.2, -0.15) is 4.98 Å². The summed E-state index contributed by atoms with van der Waals surface area (Å²) < 4.78 is 10.1. The molecule has 0 spiro atoms. The van der Waals surface area contributed by atoms with E-state index in [0.717, 1.165) is 11.1 Å². The van der Waals surface area contributed by atoms with E-state index in [4.69, 9.17) is 9.47 Å². The highest BCUT2D eigenvalue weighted by atomic mass is 16.5. The number of aryl methyl sites for hydroxylation is 1. The number of aromatic nitrogens is 2. The van der Waals surface area contributed by atoms with Crippen LogP contribution in [0.15, 0.2) is 30.5 Å². The van der Waals surface area contributed by atoms with Crippen LogP contribution in [-0.4, -0.2) is 29.3 Å². The average Bonchev–Trinajstić information content (AvgIpc) is 2.52. The first-order valence-electron chi connectivity index (χ1n) is 6.36. The minimum Gasteiger partial charge on any atom is -0.480 e. The highest BCUT2D eigenvalue weighted by Crippen LogP contribution is 2.18. The maximum absolute atomic E-state index is 10.1.